The van der Waals surface area contributed by atoms with Crippen LogP contribution >= 0.6 is 0 Å². The monoisotopic (exact) mass is 367 g/mol. The fourth-order valence-corrected chi connectivity index (χ4v) is 2.96. The van der Waals surface area contributed by atoms with Gasteiger partial charge in [-0.2, -0.15) is 5.10 Å². The van der Waals surface area contributed by atoms with Crippen molar-refractivity contribution in [3.63, 3.8) is 0 Å². The molecule has 1 aliphatic carbocycles. The Balaban J connectivity index is 1.62. The van der Waals surface area contributed by atoms with E-state index < -0.39 is 6.04 Å². The third-order valence-corrected chi connectivity index (χ3v) is 4.51. The van der Waals surface area contributed by atoms with Crippen molar-refractivity contribution < 1.29 is 9.18 Å². The lowest BCUT2D eigenvalue weighted by atomic mass is 10.0. The van der Waals surface area contributed by atoms with Gasteiger partial charge in [-0.3, -0.25) is 14.7 Å². The van der Waals surface area contributed by atoms with E-state index in [1.807, 2.05) is 0 Å². The van der Waals surface area contributed by atoms with Gasteiger partial charge in [-0.1, -0.05) is 12.1 Å². The van der Waals surface area contributed by atoms with Gasteiger partial charge in [0.15, 0.2) is 0 Å². The minimum atomic E-state index is -0.470. The number of nitrogens with one attached hydrogen (secondary N) is 3. The number of hydrogen-bond donors (Lipinski definition) is 3. The molecule has 0 bridgehead atoms. The lowest BCUT2D eigenvalue weighted by Gasteiger charge is -2.19. The number of rotatable bonds is 6. The second-order valence-electron chi connectivity index (χ2n) is 6.65. The average Bonchev–Trinajstić information content (AvgIpc) is 3.35. The summed E-state index contributed by atoms with van der Waals surface area (Å²) in [5.41, 5.74) is 1.42. The normalized spacial score (nSPS) is 14.7. The molecule has 0 saturated heterocycles. The predicted molar refractivity (Wildman–Crippen MR) is 95.7 cm³/mol. The second-order valence-corrected chi connectivity index (χ2v) is 6.65. The molecule has 2 heterocycles. The summed E-state index contributed by atoms with van der Waals surface area (Å²) in [4.78, 5) is 31.7. The molecule has 7 nitrogen and oxygen atoms in total. The Labute approximate surface area is 154 Å². The number of carbonyl (C=O) groups is 1. The molecule has 138 valence electrons. The van der Waals surface area contributed by atoms with Gasteiger partial charge in [0, 0.05) is 24.6 Å². The van der Waals surface area contributed by atoms with Crippen molar-refractivity contribution in [2.75, 3.05) is 0 Å². The summed E-state index contributed by atoms with van der Waals surface area (Å²) in [5, 5.41) is 9.29. The van der Waals surface area contributed by atoms with Crippen molar-refractivity contribution >= 4 is 5.91 Å². The van der Waals surface area contributed by atoms with Gasteiger partial charge in [0.25, 0.3) is 11.5 Å². The van der Waals surface area contributed by atoms with Gasteiger partial charge in [0.1, 0.15) is 17.3 Å². The summed E-state index contributed by atoms with van der Waals surface area (Å²) in [6.07, 6.45) is 3.84. The molecular weight excluding hydrogens is 349 g/mol. The fourth-order valence-electron chi connectivity index (χ4n) is 2.96. The summed E-state index contributed by atoms with van der Waals surface area (Å²) < 4.78 is 13.3. The molecule has 1 aromatic carbocycles. The number of carbonyl (C=O) groups excluding carboxylic acids is 1. The number of H-pyrrole nitrogens is 2. The quantitative estimate of drug-likeness (QED) is 0.621. The van der Waals surface area contributed by atoms with Crippen LogP contribution in [0, 0.1) is 5.82 Å². The first kappa shape index (κ1) is 17.1. The van der Waals surface area contributed by atoms with Crippen molar-refractivity contribution in [3.8, 4) is 0 Å². The summed E-state index contributed by atoms with van der Waals surface area (Å²) in [6, 6.07) is 8.43. The Hall–Kier alpha value is -3.29. The lowest BCUT2D eigenvalue weighted by molar-refractivity contribution is 0.0931. The molecule has 3 aromatic rings. The Bertz CT molecular complexity index is 994. The van der Waals surface area contributed by atoms with Crippen LogP contribution < -0.4 is 10.9 Å². The molecular formula is C19H18FN5O2. The van der Waals surface area contributed by atoms with Crippen molar-refractivity contribution in [3.05, 3.63) is 81.5 Å². The van der Waals surface area contributed by atoms with Gasteiger partial charge in [0.05, 0.1) is 11.7 Å². The molecule has 1 fully saturated rings. The molecule has 3 N–H and O–H groups in total. The van der Waals surface area contributed by atoms with Gasteiger partial charge in [-0.05, 0) is 36.6 Å². The van der Waals surface area contributed by atoms with Gasteiger partial charge in [0.2, 0.25) is 0 Å². The van der Waals surface area contributed by atoms with Gasteiger partial charge in [-0.15, -0.1) is 0 Å². The van der Waals surface area contributed by atoms with Crippen LogP contribution in [0.2, 0.25) is 0 Å². The average molecular weight is 367 g/mol. The second kappa shape index (κ2) is 7.14. The van der Waals surface area contributed by atoms with E-state index >= 15 is 0 Å². The minimum Gasteiger partial charge on any atom is -0.344 e. The van der Waals surface area contributed by atoms with Crippen LogP contribution in [0.3, 0.4) is 0 Å². The maximum absolute atomic E-state index is 13.3. The highest BCUT2D eigenvalue weighted by Crippen LogP contribution is 2.37. The van der Waals surface area contributed by atoms with Crippen molar-refractivity contribution in [2.45, 2.75) is 31.2 Å². The summed E-state index contributed by atoms with van der Waals surface area (Å²) in [7, 11) is 0. The van der Waals surface area contributed by atoms with Crippen molar-refractivity contribution in [1.82, 2.24) is 25.5 Å². The van der Waals surface area contributed by atoms with Crippen LogP contribution in [0.1, 0.15) is 52.4 Å². The SMILES string of the molecule is O=C(N[C@H](Cc1cc(=O)[nH]c(C2CC2)n1)c1ccc(F)cc1)c1ccn[nH]1. The number of nitrogens with zero attached hydrogens (tertiary/aromatic N) is 2. The molecule has 1 saturated carbocycles. The molecule has 0 spiro atoms. The zero-order chi connectivity index (χ0) is 18.8. The molecule has 0 unspecified atom stereocenters. The van der Waals surface area contributed by atoms with Crippen molar-refractivity contribution in [2.24, 2.45) is 0 Å². The first-order chi connectivity index (χ1) is 13.1. The van der Waals surface area contributed by atoms with E-state index in [1.165, 1.54) is 24.4 Å². The van der Waals surface area contributed by atoms with Crippen LogP contribution in [0.4, 0.5) is 4.39 Å². The zero-order valence-corrected chi connectivity index (χ0v) is 14.4. The molecule has 0 aliphatic heterocycles. The highest BCUT2D eigenvalue weighted by atomic mass is 19.1. The molecule has 1 amide bonds. The Kier molecular flexibility index (Phi) is 4.53. The van der Waals surface area contributed by atoms with Gasteiger partial charge < -0.3 is 10.3 Å². The van der Waals surface area contributed by atoms with E-state index in [0.29, 0.717) is 29.6 Å². The summed E-state index contributed by atoms with van der Waals surface area (Å²) in [5.74, 6) is 0.300. The van der Waals surface area contributed by atoms with E-state index in [4.69, 9.17) is 0 Å². The molecule has 27 heavy (non-hydrogen) atoms. The number of halogens is 1. The number of aromatic amines is 2. The van der Waals surface area contributed by atoms with Gasteiger partial charge in [-0.25, -0.2) is 9.37 Å². The predicted octanol–water partition coefficient (Wildman–Crippen LogP) is 2.22. The van der Waals surface area contributed by atoms with Gasteiger partial charge >= 0.3 is 0 Å². The summed E-state index contributed by atoms with van der Waals surface area (Å²) in [6.45, 7) is 0. The Morgan fingerprint density at radius 2 is 2.04 bits per heavy atom. The van der Waals surface area contributed by atoms with E-state index in [1.54, 1.807) is 18.2 Å². The van der Waals surface area contributed by atoms with Crippen molar-refractivity contribution in [1.29, 1.82) is 0 Å². The van der Waals surface area contributed by atoms with E-state index in [0.717, 1.165) is 18.4 Å². The highest BCUT2D eigenvalue weighted by Gasteiger charge is 2.27. The van der Waals surface area contributed by atoms with Crippen LogP contribution in [0.5, 0.6) is 0 Å². The van der Waals surface area contributed by atoms with Crippen LogP contribution in [-0.2, 0) is 6.42 Å². The number of benzene rings is 1. The molecule has 4 rings (SSSR count). The van der Waals surface area contributed by atoms with Crippen LogP contribution in [0.15, 0.2) is 47.4 Å². The standard InChI is InChI=1S/C19H18FN5O2/c20-13-5-3-11(4-6-13)16(23-19(27)15-7-8-21-25-15)9-14-10-17(26)24-18(22-14)12-1-2-12/h3-8,10,12,16H,1-2,9H2,(H,21,25)(H,23,27)(H,22,24,26)/t16-/m1/s1. The minimum absolute atomic E-state index is 0.209. The van der Waals surface area contributed by atoms with Crippen LogP contribution in [0.25, 0.3) is 0 Å². The largest absolute Gasteiger partial charge is 0.344 e. The first-order valence-electron chi connectivity index (χ1n) is 8.74. The van der Waals surface area contributed by atoms with E-state index in [2.05, 4.69) is 25.5 Å². The maximum atomic E-state index is 13.3. The highest BCUT2D eigenvalue weighted by molar-refractivity contribution is 5.92. The topological polar surface area (TPSA) is 104 Å². The number of amides is 1. The third kappa shape index (κ3) is 4.11. The molecule has 8 heteroatoms. The molecule has 2 aromatic heterocycles. The van der Waals surface area contributed by atoms with E-state index in [9.17, 15) is 14.0 Å². The Morgan fingerprint density at radius 1 is 1.26 bits per heavy atom. The number of aromatic nitrogens is 4. The van der Waals surface area contributed by atoms with E-state index in [-0.39, 0.29) is 17.3 Å². The first-order valence-corrected chi connectivity index (χ1v) is 8.74. The number of hydrogen-bond acceptors (Lipinski definition) is 4. The molecule has 0 radical (unpaired) electrons. The smallest absolute Gasteiger partial charge is 0.269 e. The molecule has 1 aliphatic rings. The maximum Gasteiger partial charge on any atom is 0.269 e. The Morgan fingerprint density at radius 3 is 2.70 bits per heavy atom. The lowest BCUT2D eigenvalue weighted by Crippen LogP contribution is -2.31. The molecule has 1 atom stereocenters. The fraction of sp³-hybridized carbons (Fsp3) is 0.263. The van der Waals surface area contributed by atoms with Crippen LogP contribution in [-0.4, -0.2) is 26.1 Å². The zero-order valence-electron chi connectivity index (χ0n) is 14.4. The third-order valence-electron chi connectivity index (χ3n) is 4.51. The summed E-state index contributed by atoms with van der Waals surface area (Å²) >= 11 is 0.